The van der Waals surface area contributed by atoms with Gasteiger partial charge in [-0.3, -0.25) is 37.3 Å². The summed E-state index contributed by atoms with van der Waals surface area (Å²) in [6.45, 7) is 13.9. The molecule has 0 saturated heterocycles. The standard InChI is InChI=1S/C63H122O17P2/c1-53(2)39-31-23-15-9-12-18-27-35-43-60(65)73-49-58(79-62(67)45-37-29-19-13-10-16-24-32-40-54(3)4)51-77-81(69,70)75-47-57(64)48-76-82(71,72)78-52-59(50-74-61(66)44-36-28-22-21-26-34-42-56(7)8)80-63(68)46-38-30-20-14-11-17-25-33-41-55(5)6/h53-59,64H,9-52H2,1-8H3,(H,69,70)(H,71,72)/t57?,58-,59-/m1/s1. The Hall–Kier alpha value is -1.94. The highest BCUT2D eigenvalue weighted by Gasteiger charge is 2.30. The maximum Gasteiger partial charge on any atom is 0.472 e. The Balaban J connectivity index is 5.25. The molecule has 3 unspecified atom stereocenters. The minimum atomic E-state index is -4.94. The summed E-state index contributed by atoms with van der Waals surface area (Å²) in [6, 6.07) is 0. The van der Waals surface area contributed by atoms with Crippen LogP contribution in [-0.2, 0) is 65.4 Å². The molecule has 486 valence electrons. The van der Waals surface area contributed by atoms with Gasteiger partial charge >= 0.3 is 39.5 Å². The van der Waals surface area contributed by atoms with E-state index in [9.17, 15) is 43.2 Å². The summed E-state index contributed by atoms with van der Waals surface area (Å²) >= 11 is 0. The molecular formula is C63H122O17P2. The molecule has 3 N–H and O–H groups in total. The maximum absolute atomic E-state index is 13.0. The van der Waals surface area contributed by atoms with Gasteiger partial charge in [-0.05, 0) is 49.4 Å². The summed E-state index contributed by atoms with van der Waals surface area (Å²) in [5, 5.41) is 10.5. The topological polar surface area (TPSA) is 237 Å². The van der Waals surface area contributed by atoms with Crippen LogP contribution in [0.5, 0.6) is 0 Å². The molecule has 0 aromatic carbocycles. The summed E-state index contributed by atoms with van der Waals surface area (Å²) in [5.74, 6) is 0.698. The number of esters is 4. The summed E-state index contributed by atoms with van der Waals surface area (Å²) in [6.07, 6.45) is 32.4. The van der Waals surface area contributed by atoms with Crippen molar-refractivity contribution < 1.29 is 80.2 Å². The van der Waals surface area contributed by atoms with Crippen molar-refractivity contribution in [1.29, 1.82) is 0 Å². The van der Waals surface area contributed by atoms with Gasteiger partial charge in [-0.2, -0.15) is 0 Å². The first-order chi connectivity index (χ1) is 39.1. The number of aliphatic hydroxyl groups excluding tert-OH is 1. The van der Waals surface area contributed by atoms with Gasteiger partial charge in [-0.1, -0.05) is 248 Å². The molecule has 0 aromatic heterocycles. The van der Waals surface area contributed by atoms with E-state index in [-0.39, 0.29) is 25.7 Å². The predicted molar refractivity (Wildman–Crippen MR) is 326 cm³/mol. The van der Waals surface area contributed by atoms with Gasteiger partial charge in [0.1, 0.15) is 19.3 Å². The van der Waals surface area contributed by atoms with E-state index in [1.165, 1.54) is 96.3 Å². The number of aliphatic hydroxyl groups is 1. The Morgan fingerprint density at radius 2 is 0.512 bits per heavy atom. The highest BCUT2D eigenvalue weighted by Crippen LogP contribution is 2.45. The van der Waals surface area contributed by atoms with Gasteiger partial charge in [0.25, 0.3) is 0 Å². The van der Waals surface area contributed by atoms with Crippen molar-refractivity contribution in [1.82, 2.24) is 0 Å². The lowest BCUT2D eigenvalue weighted by Crippen LogP contribution is -2.30. The third-order valence-electron chi connectivity index (χ3n) is 14.3. The number of hydrogen-bond donors (Lipinski definition) is 3. The molecule has 0 bridgehead atoms. The molecule has 19 heteroatoms. The molecular weight excluding hydrogens is 1090 g/mol. The molecule has 82 heavy (non-hydrogen) atoms. The first kappa shape index (κ1) is 80.1. The number of ether oxygens (including phenoxy) is 4. The Morgan fingerprint density at radius 1 is 0.305 bits per heavy atom. The Morgan fingerprint density at radius 3 is 0.756 bits per heavy atom. The summed E-state index contributed by atoms with van der Waals surface area (Å²) in [7, 11) is -9.89. The molecule has 0 aliphatic rings. The number of phosphoric acid groups is 2. The molecule has 0 aliphatic carbocycles. The SMILES string of the molecule is CC(C)CCCCCCCCCCC(=O)OC[C@H](COP(=O)(O)OCC(O)COP(=O)(O)OC[C@@H](COC(=O)CCCCCCCCC(C)C)OC(=O)CCCCCCCCCCC(C)C)OC(=O)CCCCCCCCCCC(C)C. The molecule has 0 heterocycles. The lowest BCUT2D eigenvalue weighted by Gasteiger charge is -2.21. The fourth-order valence-corrected chi connectivity index (χ4v) is 10.8. The monoisotopic (exact) mass is 1210 g/mol. The van der Waals surface area contributed by atoms with Gasteiger partial charge in [0, 0.05) is 25.7 Å². The van der Waals surface area contributed by atoms with Crippen molar-refractivity contribution in [3.05, 3.63) is 0 Å². The second-order valence-electron chi connectivity index (χ2n) is 24.7. The largest absolute Gasteiger partial charge is 0.472 e. The van der Waals surface area contributed by atoms with Crippen LogP contribution in [0.3, 0.4) is 0 Å². The van der Waals surface area contributed by atoms with Crippen LogP contribution in [0.4, 0.5) is 0 Å². The zero-order chi connectivity index (χ0) is 61.1. The van der Waals surface area contributed by atoms with Gasteiger partial charge in [0.15, 0.2) is 12.2 Å². The van der Waals surface area contributed by atoms with Crippen LogP contribution in [0, 0.1) is 23.7 Å². The van der Waals surface area contributed by atoms with Crippen molar-refractivity contribution >= 4 is 39.5 Å². The van der Waals surface area contributed by atoms with Crippen molar-refractivity contribution in [3.63, 3.8) is 0 Å². The molecule has 0 aromatic rings. The third kappa shape index (κ3) is 57.2. The van der Waals surface area contributed by atoms with E-state index in [4.69, 9.17) is 37.0 Å². The molecule has 0 saturated carbocycles. The van der Waals surface area contributed by atoms with Crippen LogP contribution in [-0.4, -0.2) is 96.7 Å². The van der Waals surface area contributed by atoms with Crippen molar-refractivity contribution in [3.8, 4) is 0 Å². The predicted octanol–water partition coefficient (Wildman–Crippen LogP) is 17.0. The van der Waals surface area contributed by atoms with Crippen LogP contribution in [0.25, 0.3) is 0 Å². The molecule has 17 nitrogen and oxygen atoms in total. The first-order valence-corrected chi connectivity index (χ1v) is 35.7. The van der Waals surface area contributed by atoms with E-state index < -0.39 is 97.5 Å². The van der Waals surface area contributed by atoms with Crippen LogP contribution in [0.1, 0.15) is 299 Å². The number of unbranched alkanes of at least 4 members (excludes halogenated alkanes) is 26. The zero-order valence-electron chi connectivity index (χ0n) is 53.1. The first-order valence-electron chi connectivity index (χ1n) is 32.7. The summed E-state index contributed by atoms with van der Waals surface area (Å²) in [4.78, 5) is 72.1. The quantitative estimate of drug-likeness (QED) is 0.0222. The number of carbonyl (C=O) groups excluding carboxylic acids is 4. The van der Waals surface area contributed by atoms with Gasteiger partial charge in [0.05, 0.1) is 26.4 Å². The lowest BCUT2D eigenvalue weighted by molar-refractivity contribution is -0.161. The molecule has 5 atom stereocenters. The van der Waals surface area contributed by atoms with Gasteiger partial charge in [0.2, 0.25) is 0 Å². The number of hydrogen-bond acceptors (Lipinski definition) is 15. The minimum absolute atomic E-state index is 0.103. The lowest BCUT2D eigenvalue weighted by atomic mass is 10.0. The normalized spacial score (nSPS) is 14.5. The molecule has 0 rings (SSSR count). The molecule has 0 fully saturated rings. The minimum Gasteiger partial charge on any atom is -0.462 e. The molecule has 0 amide bonds. The maximum atomic E-state index is 13.0. The van der Waals surface area contributed by atoms with Crippen LogP contribution >= 0.6 is 15.6 Å². The zero-order valence-corrected chi connectivity index (χ0v) is 54.9. The average Bonchev–Trinajstić information content (AvgIpc) is 3.41. The van der Waals surface area contributed by atoms with E-state index in [1.807, 2.05) is 0 Å². The van der Waals surface area contributed by atoms with Crippen molar-refractivity contribution in [2.24, 2.45) is 23.7 Å². The van der Waals surface area contributed by atoms with E-state index in [0.29, 0.717) is 31.6 Å². The van der Waals surface area contributed by atoms with Crippen LogP contribution in [0.2, 0.25) is 0 Å². The third-order valence-corrected chi connectivity index (χ3v) is 16.2. The highest BCUT2D eigenvalue weighted by atomic mass is 31.2. The average molecular weight is 1210 g/mol. The fourth-order valence-electron chi connectivity index (χ4n) is 9.25. The Labute approximate surface area is 498 Å². The smallest absolute Gasteiger partial charge is 0.462 e. The molecule has 0 radical (unpaired) electrons. The fraction of sp³-hybridized carbons (Fsp3) is 0.937. The van der Waals surface area contributed by atoms with Crippen LogP contribution in [0.15, 0.2) is 0 Å². The van der Waals surface area contributed by atoms with Crippen molar-refractivity contribution in [2.45, 2.75) is 318 Å². The summed E-state index contributed by atoms with van der Waals surface area (Å²) in [5.41, 5.74) is 0. The number of rotatable bonds is 60. The van der Waals surface area contributed by atoms with E-state index >= 15 is 0 Å². The Kier molecular flexibility index (Phi) is 52.0. The van der Waals surface area contributed by atoms with E-state index in [1.54, 1.807) is 0 Å². The van der Waals surface area contributed by atoms with Gasteiger partial charge in [-0.15, -0.1) is 0 Å². The van der Waals surface area contributed by atoms with E-state index in [0.717, 1.165) is 114 Å². The van der Waals surface area contributed by atoms with E-state index in [2.05, 4.69) is 55.4 Å². The second-order valence-corrected chi connectivity index (χ2v) is 27.6. The number of carbonyl (C=O) groups is 4. The number of phosphoric ester groups is 2. The van der Waals surface area contributed by atoms with Crippen molar-refractivity contribution in [2.75, 3.05) is 39.6 Å². The highest BCUT2D eigenvalue weighted by molar-refractivity contribution is 7.47. The second kappa shape index (κ2) is 53.3. The Bertz CT molecular complexity index is 1640. The van der Waals surface area contributed by atoms with Crippen LogP contribution < -0.4 is 0 Å². The molecule has 0 aliphatic heterocycles. The summed E-state index contributed by atoms with van der Waals surface area (Å²) < 4.78 is 67.9. The molecule has 0 spiro atoms. The van der Waals surface area contributed by atoms with Gasteiger partial charge < -0.3 is 33.8 Å². The van der Waals surface area contributed by atoms with Gasteiger partial charge in [-0.25, -0.2) is 9.13 Å².